The molecule has 2 aromatic rings. The number of rotatable bonds is 3. The van der Waals surface area contributed by atoms with Crippen molar-refractivity contribution in [1.29, 1.82) is 0 Å². The first-order chi connectivity index (χ1) is 9.38. The van der Waals surface area contributed by atoms with Gasteiger partial charge in [-0.1, -0.05) is 24.3 Å². The molecule has 1 aromatic heterocycles. The van der Waals surface area contributed by atoms with Crippen LogP contribution in [0.2, 0.25) is 0 Å². The summed E-state index contributed by atoms with van der Waals surface area (Å²) >= 11 is 0. The molecule has 2 heterocycles. The van der Waals surface area contributed by atoms with Crippen LogP contribution in [0.1, 0.15) is 15.9 Å². The van der Waals surface area contributed by atoms with Crippen molar-refractivity contribution in [3.63, 3.8) is 0 Å². The van der Waals surface area contributed by atoms with E-state index in [1.165, 1.54) is 0 Å². The number of nitrogens with one attached hydrogen (secondary N) is 1. The maximum atomic E-state index is 11.1. The summed E-state index contributed by atoms with van der Waals surface area (Å²) in [6, 6.07) is 5.91. The summed E-state index contributed by atoms with van der Waals surface area (Å²) in [6.45, 7) is 1.87. The molecule has 0 saturated carbocycles. The third kappa shape index (κ3) is 2.45. The molecule has 3 rings (SSSR count). The highest BCUT2D eigenvalue weighted by Gasteiger charge is 2.11. The number of carbonyl (C=O) groups excluding carboxylic acids is 1. The summed E-state index contributed by atoms with van der Waals surface area (Å²) in [5.41, 5.74) is 2.65. The fraction of sp³-hybridized carbons (Fsp3) is 0.267. The summed E-state index contributed by atoms with van der Waals surface area (Å²) < 4.78 is 10.9. The van der Waals surface area contributed by atoms with Crippen LogP contribution >= 0.6 is 0 Å². The molecule has 1 N–H and O–H groups in total. The maximum Gasteiger partial charge on any atom is 0.152 e. The van der Waals surface area contributed by atoms with E-state index < -0.39 is 0 Å². The molecular weight excluding hydrogens is 242 g/mol. The van der Waals surface area contributed by atoms with E-state index in [1.54, 1.807) is 6.20 Å². The van der Waals surface area contributed by atoms with E-state index in [9.17, 15) is 4.79 Å². The molecule has 1 aliphatic rings. The fourth-order valence-corrected chi connectivity index (χ4v) is 2.30. The Hall–Kier alpha value is -1.91. The number of benzene rings is 1. The van der Waals surface area contributed by atoms with Crippen LogP contribution in [0.25, 0.3) is 17.0 Å². The van der Waals surface area contributed by atoms with Crippen LogP contribution in [0.3, 0.4) is 0 Å². The van der Waals surface area contributed by atoms with Gasteiger partial charge in [-0.15, -0.1) is 0 Å². The Morgan fingerprint density at radius 3 is 3.00 bits per heavy atom. The lowest BCUT2D eigenvalue weighted by atomic mass is 10.1. The molecule has 0 bridgehead atoms. The van der Waals surface area contributed by atoms with E-state index in [0.29, 0.717) is 25.4 Å². The molecule has 1 aromatic carbocycles. The van der Waals surface area contributed by atoms with E-state index in [-0.39, 0.29) is 6.10 Å². The highest BCUT2D eigenvalue weighted by Crippen LogP contribution is 2.23. The van der Waals surface area contributed by atoms with E-state index in [4.69, 9.17) is 9.47 Å². The van der Waals surface area contributed by atoms with Crippen molar-refractivity contribution in [1.82, 2.24) is 4.98 Å². The zero-order valence-electron chi connectivity index (χ0n) is 10.5. The van der Waals surface area contributed by atoms with E-state index in [1.807, 2.05) is 30.4 Å². The number of H-pyrrole nitrogens is 1. The number of carbonyl (C=O) groups is 1. The number of fused-ring (bicyclic) bond motifs is 1. The topological polar surface area (TPSA) is 51.3 Å². The van der Waals surface area contributed by atoms with Gasteiger partial charge < -0.3 is 14.5 Å². The number of aromatic amines is 1. The Labute approximate surface area is 111 Å². The Morgan fingerprint density at radius 2 is 2.21 bits per heavy atom. The third-order valence-corrected chi connectivity index (χ3v) is 3.23. The fourth-order valence-electron chi connectivity index (χ4n) is 2.30. The summed E-state index contributed by atoms with van der Waals surface area (Å²) in [4.78, 5) is 14.1. The minimum Gasteiger partial charge on any atom is -0.376 e. The van der Waals surface area contributed by atoms with Crippen LogP contribution in [-0.2, 0) is 9.47 Å². The van der Waals surface area contributed by atoms with Crippen molar-refractivity contribution in [2.45, 2.75) is 6.10 Å². The minimum absolute atomic E-state index is 0.0115. The van der Waals surface area contributed by atoms with Crippen molar-refractivity contribution >= 4 is 23.3 Å². The molecule has 4 nitrogen and oxygen atoms in total. The first kappa shape index (κ1) is 12.1. The minimum atomic E-state index is -0.0115. The average Bonchev–Trinajstić information content (AvgIpc) is 2.90. The quantitative estimate of drug-likeness (QED) is 0.859. The second-order valence-electron chi connectivity index (χ2n) is 4.47. The van der Waals surface area contributed by atoms with Gasteiger partial charge in [0.1, 0.15) is 0 Å². The molecule has 0 aliphatic carbocycles. The van der Waals surface area contributed by atoms with E-state index >= 15 is 0 Å². The number of aromatic nitrogens is 1. The number of ether oxygens (including phenoxy) is 2. The summed E-state index contributed by atoms with van der Waals surface area (Å²) in [5, 5.41) is 0.950. The van der Waals surface area contributed by atoms with Crippen LogP contribution in [0.5, 0.6) is 0 Å². The first-order valence-electron chi connectivity index (χ1n) is 6.31. The predicted molar refractivity (Wildman–Crippen MR) is 73.3 cm³/mol. The molecule has 0 radical (unpaired) electrons. The lowest BCUT2D eigenvalue weighted by Gasteiger charge is -2.19. The molecule has 0 spiro atoms. The predicted octanol–water partition coefficient (Wildman–Crippen LogP) is 2.41. The Kier molecular flexibility index (Phi) is 3.44. The van der Waals surface area contributed by atoms with Gasteiger partial charge in [0.05, 0.1) is 25.9 Å². The lowest BCUT2D eigenvalue weighted by Crippen LogP contribution is -2.26. The van der Waals surface area contributed by atoms with Crippen molar-refractivity contribution in [3.8, 4) is 0 Å². The molecule has 19 heavy (non-hydrogen) atoms. The zero-order chi connectivity index (χ0) is 13.1. The summed E-state index contributed by atoms with van der Waals surface area (Å²) in [5.74, 6) is 0. The second kappa shape index (κ2) is 5.38. The standard InChI is InChI=1S/C15H15NO3/c17-9-12-8-16-14-3-1-2-11(15(12)14)4-5-13-10-18-6-7-19-13/h1-5,8-9,13,16H,6-7,10H2. The molecule has 1 atom stereocenters. The Morgan fingerprint density at radius 1 is 1.26 bits per heavy atom. The third-order valence-electron chi connectivity index (χ3n) is 3.23. The molecular formula is C15H15NO3. The van der Waals surface area contributed by atoms with Gasteiger partial charge in [-0.25, -0.2) is 0 Å². The van der Waals surface area contributed by atoms with Gasteiger partial charge in [-0.2, -0.15) is 0 Å². The van der Waals surface area contributed by atoms with Crippen molar-refractivity contribution in [2.24, 2.45) is 0 Å². The van der Waals surface area contributed by atoms with Crippen LogP contribution in [0.4, 0.5) is 0 Å². The normalized spacial score (nSPS) is 20.1. The van der Waals surface area contributed by atoms with Crippen LogP contribution in [0, 0.1) is 0 Å². The van der Waals surface area contributed by atoms with E-state index in [2.05, 4.69) is 4.98 Å². The maximum absolute atomic E-state index is 11.1. The van der Waals surface area contributed by atoms with Crippen LogP contribution < -0.4 is 0 Å². The van der Waals surface area contributed by atoms with Gasteiger partial charge in [0, 0.05) is 22.7 Å². The first-order valence-corrected chi connectivity index (χ1v) is 6.31. The van der Waals surface area contributed by atoms with Crippen LogP contribution in [0.15, 0.2) is 30.5 Å². The molecule has 4 heteroatoms. The summed E-state index contributed by atoms with van der Waals surface area (Å²) in [6.07, 6.45) is 6.56. The van der Waals surface area contributed by atoms with Gasteiger partial charge in [-0.3, -0.25) is 4.79 Å². The monoisotopic (exact) mass is 257 g/mol. The van der Waals surface area contributed by atoms with Gasteiger partial charge in [0.2, 0.25) is 0 Å². The van der Waals surface area contributed by atoms with Gasteiger partial charge >= 0.3 is 0 Å². The van der Waals surface area contributed by atoms with Gasteiger partial charge in [-0.05, 0) is 11.6 Å². The zero-order valence-corrected chi connectivity index (χ0v) is 10.5. The molecule has 1 saturated heterocycles. The lowest BCUT2D eigenvalue weighted by molar-refractivity contribution is -0.0672. The van der Waals surface area contributed by atoms with Crippen LogP contribution in [-0.4, -0.2) is 37.2 Å². The van der Waals surface area contributed by atoms with Crippen molar-refractivity contribution in [3.05, 3.63) is 41.6 Å². The molecule has 0 amide bonds. The van der Waals surface area contributed by atoms with E-state index in [0.717, 1.165) is 22.8 Å². The molecule has 1 fully saturated rings. The smallest absolute Gasteiger partial charge is 0.152 e. The largest absolute Gasteiger partial charge is 0.376 e. The number of hydrogen-bond donors (Lipinski definition) is 1. The highest BCUT2D eigenvalue weighted by atomic mass is 16.6. The SMILES string of the molecule is O=Cc1c[nH]c2cccc(C=CC3COCCO3)c12. The van der Waals surface area contributed by atoms with Gasteiger partial charge in [0.25, 0.3) is 0 Å². The Bertz CT molecular complexity index is 609. The van der Waals surface area contributed by atoms with Crippen molar-refractivity contribution in [2.75, 3.05) is 19.8 Å². The number of aldehydes is 1. The molecule has 1 aliphatic heterocycles. The van der Waals surface area contributed by atoms with Crippen molar-refractivity contribution < 1.29 is 14.3 Å². The number of hydrogen-bond acceptors (Lipinski definition) is 3. The Balaban J connectivity index is 1.93. The average molecular weight is 257 g/mol. The van der Waals surface area contributed by atoms with Gasteiger partial charge in [0.15, 0.2) is 6.29 Å². The summed E-state index contributed by atoms with van der Waals surface area (Å²) in [7, 11) is 0. The molecule has 98 valence electrons. The second-order valence-corrected chi connectivity index (χ2v) is 4.47. The molecule has 1 unspecified atom stereocenters. The highest BCUT2D eigenvalue weighted by molar-refractivity contribution is 6.01.